The van der Waals surface area contributed by atoms with E-state index in [1.54, 1.807) is 0 Å². The molecule has 1 aromatic carbocycles. The molecule has 0 radical (unpaired) electrons. The lowest BCUT2D eigenvalue weighted by atomic mass is 10.2. The average Bonchev–Trinajstić information content (AvgIpc) is 2.10. The van der Waals surface area contributed by atoms with E-state index in [0.717, 1.165) is 0 Å². The van der Waals surface area contributed by atoms with Crippen LogP contribution in [0.25, 0.3) is 0 Å². The maximum atomic E-state index is 10.7. The van der Waals surface area contributed by atoms with E-state index < -0.39 is 0 Å². The molecule has 0 atom stereocenters. The number of hydrogen-bond donors (Lipinski definition) is 2. The predicted molar refractivity (Wildman–Crippen MR) is 54.9 cm³/mol. The molecule has 1 rings (SSSR count). The van der Waals surface area contributed by atoms with Gasteiger partial charge in [-0.1, -0.05) is 11.6 Å². The number of nitriles is 1. The number of anilines is 2. The number of nitrogens with one attached hydrogen (secondary N) is 1. The number of nitrogens with two attached hydrogens (primary N) is 1. The third-order valence-electron chi connectivity index (χ3n) is 1.57. The first-order valence-electron chi connectivity index (χ1n) is 3.81. The lowest BCUT2D eigenvalue weighted by molar-refractivity contribution is -0.114. The summed E-state index contributed by atoms with van der Waals surface area (Å²) in [4.78, 5) is 10.7. The minimum atomic E-state index is -0.227. The number of rotatable bonds is 1. The molecule has 4 nitrogen and oxygen atoms in total. The lowest BCUT2D eigenvalue weighted by Gasteiger charge is -2.05. The molecule has 1 aromatic rings. The molecule has 0 bridgehead atoms. The molecule has 0 saturated carbocycles. The van der Waals surface area contributed by atoms with Gasteiger partial charge >= 0.3 is 0 Å². The van der Waals surface area contributed by atoms with E-state index in [-0.39, 0.29) is 22.2 Å². The monoisotopic (exact) mass is 209 g/mol. The Bertz CT molecular complexity index is 423. The number of amides is 1. The Morgan fingerprint density at radius 2 is 2.29 bits per heavy atom. The second-order valence-electron chi connectivity index (χ2n) is 2.71. The molecule has 0 heterocycles. The van der Waals surface area contributed by atoms with Crippen LogP contribution in [-0.2, 0) is 4.79 Å². The van der Waals surface area contributed by atoms with Gasteiger partial charge in [0.2, 0.25) is 5.91 Å². The zero-order chi connectivity index (χ0) is 10.7. The molecular weight excluding hydrogens is 202 g/mol. The minimum Gasteiger partial charge on any atom is -0.396 e. The van der Waals surface area contributed by atoms with Gasteiger partial charge in [-0.25, -0.2) is 0 Å². The molecule has 0 fully saturated rings. The van der Waals surface area contributed by atoms with Gasteiger partial charge in [0.25, 0.3) is 0 Å². The maximum absolute atomic E-state index is 10.7. The van der Waals surface area contributed by atoms with Crippen LogP contribution in [0.3, 0.4) is 0 Å². The highest BCUT2D eigenvalue weighted by atomic mass is 35.5. The molecule has 5 heteroatoms. The topological polar surface area (TPSA) is 78.9 Å². The van der Waals surface area contributed by atoms with Gasteiger partial charge in [0.05, 0.1) is 16.3 Å². The summed E-state index contributed by atoms with van der Waals surface area (Å²) >= 11 is 5.75. The normalized spacial score (nSPS) is 9.21. The maximum Gasteiger partial charge on any atom is 0.221 e. The largest absolute Gasteiger partial charge is 0.396 e. The second-order valence-corrected chi connectivity index (χ2v) is 3.12. The first kappa shape index (κ1) is 10.4. The zero-order valence-electron chi connectivity index (χ0n) is 7.47. The highest BCUT2D eigenvalue weighted by molar-refractivity contribution is 6.33. The molecule has 0 aliphatic heterocycles. The highest BCUT2D eigenvalue weighted by Gasteiger charge is 2.06. The third-order valence-corrected chi connectivity index (χ3v) is 1.88. The van der Waals surface area contributed by atoms with E-state index >= 15 is 0 Å². The van der Waals surface area contributed by atoms with Gasteiger partial charge in [-0.15, -0.1) is 0 Å². The Labute approximate surface area is 86.3 Å². The molecule has 0 unspecified atom stereocenters. The van der Waals surface area contributed by atoms with Crippen LogP contribution in [0.5, 0.6) is 0 Å². The summed E-state index contributed by atoms with van der Waals surface area (Å²) in [5.74, 6) is -0.227. The Kier molecular flexibility index (Phi) is 2.95. The number of hydrogen-bond acceptors (Lipinski definition) is 3. The van der Waals surface area contributed by atoms with Crippen molar-refractivity contribution in [2.45, 2.75) is 6.92 Å². The molecule has 0 aromatic heterocycles. The van der Waals surface area contributed by atoms with Crippen LogP contribution in [0.15, 0.2) is 12.1 Å². The van der Waals surface area contributed by atoms with E-state index in [1.807, 2.05) is 6.07 Å². The van der Waals surface area contributed by atoms with E-state index in [2.05, 4.69) is 5.32 Å². The lowest BCUT2D eigenvalue weighted by Crippen LogP contribution is -2.06. The van der Waals surface area contributed by atoms with Crippen LogP contribution in [0, 0.1) is 11.3 Å². The van der Waals surface area contributed by atoms with Gasteiger partial charge in [-0.3, -0.25) is 4.79 Å². The first-order valence-corrected chi connectivity index (χ1v) is 4.19. The number of nitrogen functional groups attached to an aromatic ring is 1. The summed E-state index contributed by atoms with van der Waals surface area (Å²) in [5.41, 5.74) is 6.47. The molecule has 72 valence electrons. The summed E-state index contributed by atoms with van der Waals surface area (Å²) in [6, 6.07) is 4.86. The fourth-order valence-corrected chi connectivity index (χ4v) is 1.21. The molecule has 1 amide bonds. The van der Waals surface area contributed by atoms with Crippen molar-refractivity contribution in [2.24, 2.45) is 0 Å². The fraction of sp³-hybridized carbons (Fsp3) is 0.111. The Morgan fingerprint density at radius 3 is 2.79 bits per heavy atom. The Hall–Kier alpha value is -1.73. The van der Waals surface area contributed by atoms with Crippen LogP contribution >= 0.6 is 11.6 Å². The average molecular weight is 210 g/mol. The Morgan fingerprint density at radius 1 is 1.64 bits per heavy atom. The van der Waals surface area contributed by atoms with Gasteiger partial charge in [-0.05, 0) is 12.1 Å². The third kappa shape index (κ3) is 2.15. The number of carbonyl (C=O) groups excluding carboxylic acids is 1. The van der Waals surface area contributed by atoms with Crippen molar-refractivity contribution in [3.8, 4) is 6.07 Å². The number of halogens is 1. The van der Waals surface area contributed by atoms with Gasteiger partial charge in [0.1, 0.15) is 6.07 Å². The quantitative estimate of drug-likeness (QED) is 0.692. The van der Waals surface area contributed by atoms with Crippen molar-refractivity contribution in [1.82, 2.24) is 0 Å². The summed E-state index contributed by atoms with van der Waals surface area (Å²) in [6.07, 6.45) is 0. The summed E-state index contributed by atoms with van der Waals surface area (Å²) in [6.45, 7) is 1.37. The van der Waals surface area contributed by atoms with Gasteiger partial charge in [0.15, 0.2) is 0 Å². The van der Waals surface area contributed by atoms with Crippen LogP contribution in [0.4, 0.5) is 11.4 Å². The predicted octanol–water partition coefficient (Wildman–Crippen LogP) is 1.75. The smallest absolute Gasteiger partial charge is 0.221 e. The van der Waals surface area contributed by atoms with Gasteiger partial charge < -0.3 is 11.1 Å². The number of carbonyl (C=O) groups is 1. The molecule has 0 aliphatic carbocycles. The zero-order valence-corrected chi connectivity index (χ0v) is 8.22. The number of benzene rings is 1. The van der Waals surface area contributed by atoms with Crippen molar-refractivity contribution < 1.29 is 4.79 Å². The Balaban J connectivity index is 3.18. The van der Waals surface area contributed by atoms with E-state index in [1.165, 1.54) is 19.1 Å². The molecule has 0 spiro atoms. The molecule has 0 aliphatic rings. The SMILES string of the molecule is CC(=O)Nc1cc(Cl)c(N)c(C#N)c1. The molecule has 0 saturated heterocycles. The van der Waals surface area contributed by atoms with Crippen molar-refractivity contribution in [2.75, 3.05) is 11.1 Å². The van der Waals surface area contributed by atoms with Gasteiger partial charge in [0, 0.05) is 12.6 Å². The number of nitrogens with zero attached hydrogens (tertiary/aromatic N) is 1. The standard InChI is InChI=1S/C9H8ClN3O/c1-5(14)13-7-2-6(4-11)9(12)8(10)3-7/h2-3H,12H2,1H3,(H,13,14). The van der Waals surface area contributed by atoms with E-state index in [9.17, 15) is 4.79 Å². The van der Waals surface area contributed by atoms with Crippen molar-refractivity contribution in [3.63, 3.8) is 0 Å². The van der Waals surface area contributed by atoms with Crippen molar-refractivity contribution >= 4 is 28.9 Å². The van der Waals surface area contributed by atoms with Crippen LogP contribution in [0.2, 0.25) is 5.02 Å². The van der Waals surface area contributed by atoms with Crippen molar-refractivity contribution in [1.29, 1.82) is 5.26 Å². The minimum absolute atomic E-state index is 0.225. The molecule has 14 heavy (non-hydrogen) atoms. The molecular formula is C9H8ClN3O. The van der Waals surface area contributed by atoms with E-state index in [4.69, 9.17) is 22.6 Å². The van der Waals surface area contributed by atoms with Crippen LogP contribution in [-0.4, -0.2) is 5.91 Å². The molecule has 3 N–H and O–H groups in total. The van der Waals surface area contributed by atoms with E-state index in [0.29, 0.717) is 5.69 Å². The summed E-state index contributed by atoms with van der Waals surface area (Å²) in [5, 5.41) is 11.5. The fourth-order valence-electron chi connectivity index (χ4n) is 0.986. The summed E-state index contributed by atoms with van der Waals surface area (Å²) < 4.78 is 0. The van der Waals surface area contributed by atoms with Crippen molar-refractivity contribution in [3.05, 3.63) is 22.7 Å². The summed E-state index contributed by atoms with van der Waals surface area (Å²) in [7, 11) is 0. The second kappa shape index (κ2) is 3.99. The first-order chi connectivity index (χ1) is 6.54. The van der Waals surface area contributed by atoms with Gasteiger partial charge in [-0.2, -0.15) is 5.26 Å². The van der Waals surface area contributed by atoms with Crippen LogP contribution in [0.1, 0.15) is 12.5 Å². The van der Waals surface area contributed by atoms with Crippen LogP contribution < -0.4 is 11.1 Å². The highest BCUT2D eigenvalue weighted by Crippen LogP contribution is 2.26.